The lowest BCUT2D eigenvalue weighted by Crippen LogP contribution is -2.54. The van der Waals surface area contributed by atoms with Crippen molar-refractivity contribution in [2.75, 3.05) is 13.2 Å². The Hall–Kier alpha value is -2.54. The number of benzene rings is 2. The first-order chi connectivity index (χ1) is 16.0. The van der Waals surface area contributed by atoms with Crippen molar-refractivity contribution in [1.82, 2.24) is 0 Å². The van der Waals surface area contributed by atoms with E-state index in [1.165, 1.54) is 0 Å². The topological polar surface area (TPSA) is 136 Å². The van der Waals surface area contributed by atoms with Crippen molar-refractivity contribution in [2.45, 2.75) is 49.5 Å². The maximum absolute atomic E-state index is 10.0. The van der Waals surface area contributed by atoms with Gasteiger partial charge in [0, 0.05) is 12.8 Å². The third-order valence-corrected chi connectivity index (χ3v) is 6.57. The van der Waals surface area contributed by atoms with Gasteiger partial charge in [0.05, 0.1) is 37.6 Å². The van der Waals surface area contributed by atoms with Gasteiger partial charge in [-0.15, -0.1) is 0 Å². The molecular formula is C22H24BO10-. The molecule has 2 fully saturated rings. The summed E-state index contributed by atoms with van der Waals surface area (Å²) in [4.78, 5) is 0. The lowest BCUT2D eigenvalue weighted by molar-refractivity contribution is -0.0225. The van der Waals surface area contributed by atoms with Crippen LogP contribution in [0.5, 0.6) is 23.0 Å². The smallest absolute Gasteiger partial charge is 0.609 e. The Labute approximate surface area is 189 Å². The van der Waals surface area contributed by atoms with Crippen LogP contribution >= 0.6 is 0 Å². The molecule has 10 nitrogen and oxygen atoms in total. The lowest BCUT2D eigenvalue weighted by atomic mass is 10.0. The van der Waals surface area contributed by atoms with E-state index in [-0.39, 0.29) is 25.4 Å². The van der Waals surface area contributed by atoms with Crippen LogP contribution in [0.3, 0.4) is 0 Å². The maximum Gasteiger partial charge on any atom is 0.777 e. The standard InChI is InChI=1S/C22H24BO10/c24-9-21-13(26)7-17(28-21)11-1-3-15-19(5-11)32-23(30-15)31-16-4-2-12(6-20(16)33-23)18-8-14(27)22(10-25)29-18/h1-6,13-14,17-18,21-22,24-27H,7-10H2/q-1/t13-,14-,17+,18+,21+,22+,23?/m0/s1. The molecule has 1 spiro atoms. The van der Waals surface area contributed by atoms with Crippen LogP contribution in [0.25, 0.3) is 0 Å². The Balaban J connectivity index is 1.18. The largest absolute Gasteiger partial charge is 0.777 e. The van der Waals surface area contributed by atoms with Gasteiger partial charge < -0.3 is 48.5 Å². The summed E-state index contributed by atoms with van der Waals surface area (Å²) >= 11 is 0. The van der Waals surface area contributed by atoms with E-state index in [0.717, 1.165) is 11.1 Å². The Morgan fingerprint density at radius 1 is 0.667 bits per heavy atom. The highest BCUT2D eigenvalue weighted by atomic mass is 16.9. The zero-order valence-electron chi connectivity index (χ0n) is 17.6. The van der Waals surface area contributed by atoms with Crippen LogP contribution in [0.15, 0.2) is 36.4 Å². The third-order valence-electron chi connectivity index (χ3n) is 6.57. The summed E-state index contributed by atoms with van der Waals surface area (Å²) in [7, 11) is 0. The zero-order valence-corrected chi connectivity index (χ0v) is 17.6. The molecule has 2 aromatic carbocycles. The van der Waals surface area contributed by atoms with E-state index in [2.05, 4.69) is 0 Å². The highest BCUT2D eigenvalue weighted by Gasteiger charge is 2.52. The molecule has 0 unspecified atom stereocenters. The Morgan fingerprint density at radius 3 is 1.48 bits per heavy atom. The maximum atomic E-state index is 10.0. The van der Waals surface area contributed by atoms with Crippen LogP contribution in [0.4, 0.5) is 0 Å². The molecule has 11 heteroatoms. The molecule has 0 aromatic heterocycles. The summed E-state index contributed by atoms with van der Waals surface area (Å²) in [6.07, 6.45) is -2.69. The van der Waals surface area contributed by atoms with Crippen molar-refractivity contribution < 1.29 is 48.5 Å². The summed E-state index contributed by atoms with van der Waals surface area (Å²) < 4.78 is 35.2. The first kappa shape index (κ1) is 21.0. The number of hydrogen-bond donors (Lipinski definition) is 4. The Morgan fingerprint density at radius 2 is 1.09 bits per heavy atom. The fourth-order valence-corrected chi connectivity index (χ4v) is 4.81. The van der Waals surface area contributed by atoms with Gasteiger partial charge in [-0.1, -0.05) is 12.1 Å². The molecule has 4 aliphatic heterocycles. The second-order valence-corrected chi connectivity index (χ2v) is 8.76. The Kier molecular flexibility index (Phi) is 4.95. The van der Waals surface area contributed by atoms with Crippen LogP contribution in [-0.4, -0.2) is 65.0 Å². The van der Waals surface area contributed by atoms with Gasteiger partial charge in [0.15, 0.2) is 0 Å². The van der Waals surface area contributed by atoms with Gasteiger partial charge in [0.1, 0.15) is 35.2 Å². The molecule has 0 bridgehead atoms. The van der Waals surface area contributed by atoms with Crippen molar-refractivity contribution in [3.8, 4) is 23.0 Å². The molecule has 4 N–H and O–H groups in total. The number of aliphatic hydroxyl groups excluding tert-OH is 4. The molecule has 0 radical (unpaired) electrons. The number of rotatable bonds is 4. The summed E-state index contributed by atoms with van der Waals surface area (Å²) in [6, 6.07) is 10.6. The number of fused-ring (bicyclic) bond motifs is 2. The molecule has 6 rings (SSSR count). The number of hydrogen-bond acceptors (Lipinski definition) is 10. The van der Waals surface area contributed by atoms with Crippen LogP contribution in [0.1, 0.15) is 36.2 Å². The second-order valence-electron chi connectivity index (χ2n) is 8.76. The monoisotopic (exact) mass is 459 g/mol. The minimum Gasteiger partial charge on any atom is -0.609 e. The average Bonchev–Trinajstić information content (AvgIpc) is 3.55. The molecule has 2 saturated heterocycles. The molecule has 0 aliphatic carbocycles. The SMILES string of the molecule is OC[C@H]1O[C@@H](c2ccc3c(c2)O[B-]2(O3)Oc3ccc([C@H]4C[C@H](O)[C@@H](CO)O4)cc3O2)C[C@@H]1O. The zero-order chi connectivity index (χ0) is 22.7. The lowest BCUT2D eigenvalue weighted by Gasteiger charge is -2.27. The van der Waals surface area contributed by atoms with Crippen LogP contribution in [0.2, 0.25) is 0 Å². The van der Waals surface area contributed by atoms with E-state index < -0.39 is 31.4 Å². The molecular weight excluding hydrogens is 435 g/mol. The third kappa shape index (κ3) is 3.52. The van der Waals surface area contributed by atoms with E-state index in [9.17, 15) is 20.4 Å². The van der Waals surface area contributed by atoms with Crippen molar-refractivity contribution in [3.63, 3.8) is 0 Å². The summed E-state index contributed by atoms with van der Waals surface area (Å²) in [5.41, 5.74) is 1.57. The van der Waals surface area contributed by atoms with E-state index in [1.54, 1.807) is 24.3 Å². The van der Waals surface area contributed by atoms with Gasteiger partial charge in [-0.2, -0.15) is 0 Å². The predicted molar refractivity (Wildman–Crippen MR) is 112 cm³/mol. The molecule has 2 aromatic rings. The first-order valence-electron chi connectivity index (χ1n) is 11.0. The highest BCUT2D eigenvalue weighted by molar-refractivity contribution is 6.59. The van der Waals surface area contributed by atoms with Crippen LogP contribution in [-0.2, 0) is 9.47 Å². The molecule has 4 aliphatic rings. The number of ether oxygens (including phenoxy) is 2. The van der Waals surface area contributed by atoms with Gasteiger partial charge in [-0.05, 0) is 35.4 Å². The normalized spacial score (nSPS) is 33.2. The summed E-state index contributed by atoms with van der Waals surface area (Å²) in [6.45, 7) is -3.07. The van der Waals surface area contributed by atoms with Gasteiger partial charge in [-0.3, -0.25) is 0 Å². The minimum absolute atomic E-state index is 0.248. The van der Waals surface area contributed by atoms with Gasteiger partial charge >= 0.3 is 6.96 Å². The van der Waals surface area contributed by atoms with Crippen molar-refractivity contribution >= 4 is 6.96 Å². The molecule has 6 atom stereocenters. The van der Waals surface area contributed by atoms with Gasteiger partial charge in [0.2, 0.25) is 0 Å². The van der Waals surface area contributed by atoms with Crippen LogP contribution < -0.4 is 18.6 Å². The Bertz CT molecular complexity index is 980. The first-order valence-corrected chi connectivity index (χ1v) is 11.0. The van der Waals surface area contributed by atoms with E-state index in [4.69, 9.17) is 28.1 Å². The van der Waals surface area contributed by atoms with Crippen molar-refractivity contribution in [3.05, 3.63) is 47.5 Å². The van der Waals surface area contributed by atoms with Crippen LogP contribution in [0, 0.1) is 0 Å². The van der Waals surface area contributed by atoms with E-state index in [0.29, 0.717) is 35.8 Å². The highest BCUT2D eigenvalue weighted by Crippen LogP contribution is 2.48. The average molecular weight is 459 g/mol. The fourth-order valence-electron chi connectivity index (χ4n) is 4.81. The number of aliphatic hydroxyl groups is 4. The molecule has 4 heterocycles. The quantitative estimate of drug-likeness (QED) is 0.485. The molecule has 176 valence electrons. The summed E-state index contributed by atoms with van der Waals surface area (Å²) in [5, 5.41) is 38.7. The van der Waals surface area contributed by atoms with E-state index >= 15 is 0 Å². The molecule has 33 heavy (non-hydrogen) atoms. The second kappa shape index (κ2) is 7.76. The van der Waals surface area contributed by atoms with Gasteiger partial charge in [-0.25, -0.2) is 0 Å². The summed E-state index contributed by atoms with van der Waals surface area (Å²) in [5.74, 6) is 1.77. The van der Waals surface area contributed by atoms with Gasteiger partial charge in [0.25, 0.3) is 0 Å². The van der Waals surface area contributed by atoms with Crippen molar-refractivity contribution in [1.29, 1.82) is 0 Å². The minimum atomic E-state index is -2.58. The van der Waals surface area contributed by atoms with E-state index in [1.807, 2.05) is 12.1 Å². The van der Waals surface area contributed by atoms with Crippen molar-refractivity contribution in [2.24, 2.45) is 0 Å². The fraction of sp³-hybridized carbons (Fsp3) is 0.455. The molecule has 0 amide bonds. The predicted octanol–water partition coefficient (Wildman–Crippen LogP) is 0.731. The molecule has 0 saturated carbocycles.